The predicted octanol–water partition coefficient (Wildman–Crippen LogP) is 1.46. The molecule has 0 aromatic carbocycles. The second kappa shape index (κ2) is 5.62. The van der Waals surface area contributed by atoms with Gasteiger partial charge in [-0.3, -0.25) is 4.72 Å². The molecule has 4 heterocycles. The first-order valence-corrected chi connectivity index (χ1v) is 8.21. The van der Waals surface area contributed by atoms with E-state index in [1.165, 1.54) is 0 Å². The zero-order chi connectivity index (χ0) is 15.1. The fourth-order valence-electron chi connectivity index (χ4n) is 2.98. The van der Waals surface area contributed by atoms with Gasteiger partial charge in [-0.05, 0) is 17.6 Å². The minimum atomic E-state index is -0.892. The molecule has 2 aromatic rings. The zero-order valence-electron chi connectivity index (χ0n) is 12.2. The highest BCUT2D eigenvalue weighted by molar-refractivity contribution is 7.95. The molecule has 22 heavy (non-hydrogen) atoms. The summed E-state index contributed by atoms with van der Waals surface area (Å²) in [6.45, 7) is 4.96. The van der Waals surface area contributed by atoms with E-state index in [1.54, 1.807) is 18.3 Å². The van der Waals surface area contributed by atoms with Gasteiger partial charge in [0.2, 0.25) is 0 Å². The molecule has 4 rings (SSSR count). The van der Waals surface area contributed by atoms with E-state index in [4.69, 9.17) is 4.65 Å². The Morgan fingerprint density at radius 3 is 3.27 bits per heavy atom. The summed E-state index contributed by atoms with van der Waals surface area (Å²) >= 11 is 1.66. The third-order valence-corrected chi connectivity index (χ3v) is 5.01. The van der Waals surface area contributed by atoms with Crippen molar-refractivity contribution in [3.05, 3.63) is 30.0 Å². The summed E-state index contributed by atoms with van der Waals surface area (Å²) in [7, 11) is -0.892. The van der Waals surface area contributed by atoms with Crippen molar-refractivity contribution >= 4 is 35.9 Å². The first-order chi connectivity index (χ1) is 10.8. The fourth-order valence-corrected chi connectivity index (χ4v) is 3.80. The van der Waals surface area contributed by atoms with Gasteiger partial charge >= 0.3 is 7.12 Å². The molecule has 6 nitrogen and oxygen atoms in total. The number of aromatic amines is 1. The average molecular weight is 316 g/mol. The molecule has 3 N–H and O–H groups in total. The van der Waals surface area contributed by atoms with Crippen molar-refractivity contribution in [2.75, 3.05) is 19.6 Å². The molecule has 0 bridgehead atoms. The average Bonchev–Trinajstić information content (AvgIpc) is 2.93. The van der Waals surface area contributed by atoms with Gasteiger partial charge in [0, 0.05) is 54.8 Å². The molecule has 0 radical (unpaired) electrons. The van der Waals surface area contributed by atoms with E-state index in [-0.39, 0.29) is 0 Å². The molecule has 0 spiro atoms. The number of fused-ring (bicyclic) bond motifs is 3. The van der Waals surface area contributed by atoms with Crippen molar-refractivity contribution in [3.63, 3.8) is 0 Å². The number of nitrogens with zero attached hydrogens (tertiary/aromatic N) is 2. The van der Waals surface area contributed by atoms with Crippen LogP contribution in [0.2, 0.25) is 0 Å². The van der Waals surface area contributed by atoms with Gasteiger partial charge in [0.1, 0.15) is 11.4 Å². The van der Waals surface area contributed by atoms with Crippen LogP contribution in [0.15, 0.2) is 24.4 Å². The van der Waals surface area contributed by atoms with Crippen LogP contribution in [0.4, 0.5) is 0 Å². The second-order valence-corrected chi connectivity index (χ2v) is 6.49. The van der Waals surface area contributed by atoms with Crippen LogP contribution in [0.1, 0.15) is 12.5 Å². The molecule has 114 valence electrons. The molecule has 2 aliphatic rings. The van der Waals surface area contributed by atoms with Gasteiger partial charge in [0.05, 0.1) is 6.20 Å². The van der Waals surface area contributed by atoms with Crippen LogP contribution in [0.25, 0.3) is 16.6 Å². The van der Waals surface area contributed by atoms with Crippen LogP contribution < -0.4 is 9.38 Å². The van der Waals surface area contributed by atoms with Gasteiger partial charge in [-0.1, -0.05) is 6.92 Å². The van der Waals surface area contributed by atoms with Crippen molar-refractivity contribution in [1.29, 1.82) is 0 Å². The Morgan fingerprint density at radius 2 is 2.45 bits per heavy atom. The number of nitrogens with one attached hydrogen (secondary N) is 2. The van der Waals surface area contributed by atoms with Gasteiger partial charge in [-0.25, -0.2) is 9.29 Å². The smallest absolute Gasteiger partial charge is 0.531 e. The van der Waals surface area contributed by atoms with E-state index in [2.05, 4.69) is 25.9 Å². The first kappa shape index (κ1) is 14.1. The largest absolute Gasteiger partial charge is 0.552 e. The van der Waals surface area contributed by atoms with Crippen molar-refractivity contribution in [3.8, 4) is 5.75 Å². The van der Waals surface area contributed by atoms with Gasteiger partial charge in [-0.15, -0.1) is 0 Å². The number of pyridine rings is 1. The zero-order valence-corrected chi connectivity index (χ0v) is 13.1. The lowest BCUT2D eigenvalue weighted by atomic mass is 9.75. The van der Waals surface area contributed by atoms with Crippen molar-refractivity contribution in [2.24, 2.45) is 5.92 Å². The molecular formula is C14H17BN4O2S. The minimum Gasteiger partial charge on any atom is -0.531 e. The van der Waals surface area contributed by atoms with Crippen LogP contribution in [0.5, 0.6) is 5.75 Å². The summed E-state index contributed by atoms with van der Waals surface area (Å²) in [4.78, 5) is 7.47. The quantitative estimate of drug-likeness (QED) is 0.586. The third kappa shape index (κ3) is 2.32. The Morgan fingerprint density at radius 1 is 1.59 bits per heavy atom. The maximum Gasteiger partial charge on any atom is 0.552 e. The molecule has 0 aliphatic carbocycles. The Labute approximate surface area is 133 Å². The van der Waals surface area contributed by atoms with E-state index in [0.717, 1.165) is 41.8 Å². The van der Waals surface area contributed by atoms with E-state index in [9.17, 15) is 5.02 Å². The number of hydrogen-bond donors (Lipinski definition) is 3. The summed E-state index contributed by atoms with van der Waals surface area (Å²) in [6.07, 6.45) is 3.57. The Bertz CT molecular complexity index is 729. The molecule has 0 unspecified atom stereocenters. The maximum absolute atomic E-state index is 9.96. The van der Waals surface area contributed by atoms with Crippen LogP contribution in [0.3, 0.4) is 0 Å². The molecule has 1 fully saturated rings. The third-order valence-electron chi connectivity index (χ3n) is 4.04. The van der Waals surface area contributed by atoms with Crippen LogP contribution in [-0.2, 0) is 0 Å². The highest BCUT2D eigenvalue weighted by atomic mass is 32.2. The SMILES string of the molecule is CCNSN1CC(C2=CB(O)Oc3cnc4[nH]ccc4c32)C1. The standard InChI is InChI=1S/C14H17BN4O2S/c1-2-18-22-19-7-9(8-19)11-5-15(20)21-12-6-17-14-10(13(11)12)3-4-16-14/h3-6,9,18,20H,2,7-8H2,1H3,(H,16,17). The number of H-pyrrole nitrogens is 1. The monoisotopic (exact) mass is 316 g/mol. The molecule has 0 atom stereocenters. The molecule has 1 saturated heterocycles. The molecule has 8 heteroatoms. The number of hydrogen-bond acceptors (Lipinski definition) is 6. The van der Waals surface area contributed by atoms with Crippen LogP contribution in [-0.4, -0.2) is 46.0 Å². The maximum atomic E-state index is 9.96. The first-order valence-electron chi connectivity index (χ1n) is 7.44. The summed E-state index contributed by atoms with van der Waals surface area (Å²) in [5.74, 6) is 2.90. The van der Waals surface area contributed by atoms with Gasteiger partial charge in [0.15, 0.2) is 0 Å². The molecule has 0 saturated carbocycles. The predicted molar refractivity (Wildman–Crippen MR) is 89.0 cm³/mol. The summed E-state index contributed by atoms with van der Waals surface area (Å²) in [5, 5.41) is 11.0. The van der Waals surface area contributed by atoms with Crippen LogP contribution in [0, 0.1) is 5.92 Å². The minimum absolute atomic E-state index is 0.406. The Balaban J connectivity index is 1.65. The Hall–Kier alpha value is -1.48. The topological polar surface area (TPSA) is 73.4 Å². The van der Waals surface area contributed by atoms with Crippen molar-refractivity contribution in [1.82, 2.24) is 19.0 Å². The lowest BCUT2D eigenvalue weighted by Gasteiger charge is -2.40. The molecule has 2 aliphatic heterocycles. The molecule has 0 amide bonds. The van der Waals surface area contributed by atoms with Gasteiger partial charge < -0.3 is 14.7 Å². The summed E-state index contributed by atoms with van der Waals surface area (Å²) in [5.41, 5.74) is 3.08. The lowest BCUT2D eigenvalue weighted by molar-refractivity contribution is 0.273. The second-order valence-electron chi connectivity index (χ2n) is 5.50. The van der Waals surface area contributed by atoms with E-state index < -0.39 is 7.12 Å². The summed E-state index contributed by atoms with van der Waals surface area (Å²) < 4.78 is 11.1. The number of rotatable bonds is 4. The van der Waals surface area contributed by atoms with Crippen molar-refractivity contribution < 1.29 is 9.68 Å². The summed E-state index contributed by atoms with van der Waals surface area (Å²) in [6, 6.07) is 2.01. The van der Waals surface area contributed by atoms with E-state index >= 15 is 0 Å². The molecular weight excluding hydrogens is 299 g/mol. The van der Waals surface area contributed by atoms with E-state index in [1.807, 2.05) is 18.2 Å². The van der Waals surface area contributed by atoms with Crippen molar-refractivity contribution in [2.45, 2.75) is 6.92 Å². The fraction of sp³-hybridized carbons (Fsp3) is 0.357. The highest BCUT2D eigenvalue weighted by Crippen LogP contribution is 2.42. The normalized spacial score (nSPS) is 18.8. The molecule has 2 aromatic heterocycles. The lowest BCUT2D eigenvalue weighted by Crippen LogP contribution is -2.45. The van der Waals surface area contributed by atoms with Gasteiger partial charge in [0.25, 0.3) is 0 Å². The number of aromatic nitrogens is 2. The Kier molecular flexibility index (Phi) is 3.61. The van der Waals surface area contributed by atoms with E-state index in [0.29, 0.717) is 11.7 Å². The van der Waals surface area contributed by atoms with Crippen LogP contribution >= 0.6 is 12.1 Å². The highest BCUT2D eigenvalue weighted by Gasteiger charge is 2.36. The van der Waals surface area contributed by atoms with Gasteiger partial charge in [-0.2, -0.15) is 0 Å².